The van der Waals surface area contributed by atoms with Crippen LogP contribution < -0.4 is 0 Å². The smallest absolute Gasteiger partial charge is 0.145 e. The van der Waals surface area contributed by atoms with Gasteiger partial charge in [-0.15, -0.1) is 5.92 Å². The quantitative estimate of drug-likeness (QED) is 0.458. The average molecular weight is 377 g/mol. The fraction of sp³-hybridized carbons (Fsp3) is 0.261. The Morgan fingerprint density at radius 1 is 1.07 bits per heavy atom. The molecule has 0 saturated heterocycles. The SMILES string of the molecule is CCCCC#CC(O)c1c(-c2ccccc2)nn(C)c1Sc1ccccc1. The average Bonchev–Trinajstić information content (AvgIpc) is 3.03. The van der Waals surface area contributed by atoms with Crippen molar-refractivity contribution in [2.75, 3.05) is 0 Å². The summed E-state index contributed by atoms with van der Waals surface area (Å²) in [5.74, 6) is 6.14. The van der Waals surface area contributed by atoms with Crippen LogP contribution in [0.5, 0.6) is 0 Å². The zero-order valence-electron chi connectivity index (χ0n) is 15.7. The van der Waals surface area contributed by atoms with Crippen molar-refractivity contribution in [2.24, 2.45) is 7.05 Å². The molecule has 0 saturated carbocycles. The van der Waals surface area contributed by atoms with Crippen LogP contribution in [0, 0.1) is 11.8 Å². The lowest BCUT2D eigenvalue weighted by molar-refractivity contribution is 0.235. The Hall–Kier alpha value is -2.48. The molecule has 138 valence electrons. The molecule has 1 aromatic heterocycles. The third kappa shape index (κ3) is 4.82. The van der Waals surface area contributed by atoms with E-state index in [0.717, 1.165) is 46.0 Å². The van der Waals surface area contributed by atoms with E-state index in [2.05, 4.69) is 30.9 Å². The van der Waals surface area contributed by atoms with Crippen LogP contribution in [0.4, 0.5) is 0 Å². The minimum Gasteiger partial charge on any atom is -0.376 e. The molecule has 0 aliphatic carbocycles. The van der Waals surface area contributed by atoms with E-state index in [-0.39, 0.29) is 0 Å². The molecule has 0 radical (unpaired) electrons. The Kier molecular flexibility index (Phi) is 6.75. The summed E-state index contributed by atoms with van der Waals surface area (Å²) in [4.78, 5) is 1.10. The van der Waals surface area contributed by atoms with E-state index in [1.165, 1.54) is 0 Å². The number of nitrogens with zero attached hydrogens (tertiary/aromatic N) is 2. The molecule has 3 rings (SSSR count). The van der Waals surface area contributed by atoms with Gasteiger partial charge in [0.25, 0.3) is 0 Å². The van der Waals surface area contributed by atoms with Crippen LogP contribution in [-0.2, 0) is 7.05 Å². The number of unbranched alkanes of at least 4 members (excludes halogenated alkanes) is 2. The number of benzene rings is 2. The summed E-state index contributed by atoms with van der Waals surface area (Å²) in [6.45, 7) is 2.14. The summed E-state index contributed by atoms with van der Waals surface area (Å²) in [6.07, 6.45) is 2.08. The zero-order valence-corrected chi connectivity index (χ0v) is 16.5. The first-order valence-electron chi connectivity index (χ1n) is 9.22. The summed E-state index contributed by atoms with van der Waals surface area (Å²) in [5.41, 5.74) is 2.55. The third-order valence-electron chi connectivity index (χ3n) is 4.20. The molecule has 0 spiro atoms. The van der Waals surface area contributed by atoms with Gasteiger partial charge in [0.1, 0.15) is 16.8 Å². The van der Waals surface area contributed by atoms with Crippen LogP contribution in [0.2, 0.25) is 0 Å². The number of aromatic nitrogens is 2. The summed E-state index contributed by atoms with van der Waals surface area (Å²) >= 11 is 1.60. The standard InChI is InChI=1S/C23H24N2OS/c1-3-4-5-12-17-20(26)21-22(18-13-8-6-9-14-18)24-25(2)23(21)27-19-15-10-7-11-16-19/h6-11,13-16,20,26H,3-5H2,1-2H3. The Labute approximate surface area is 165 Å². The van der Waals surface area contributed by atoms with Crippen molar-refractivity contribution < 1.29 is 5.11 Å². The van der Waals surface area contributed by atoms with Crippen molar-refractivity contribution in [3.05, 3.63) is 66.2 Å². The van der Waals surface area contributed by atoms with Crippen LogP contribution in [0.15, 0.2) is 70.6 Å². The van der Waals surface area contributed by atoms with Gasteiger partial charge in [0, 0.05) is 23.9 Å². The van der Waals surface area contributed by atoms with Gasteiger partial charge in [-0.3, -0.25) is 4.68 Å². The molecule has 0 amide bonds. The van der Waals surface area contributed by atoms with Crippen molar-refractivity contribution in [3.63, 3.8) is 0 Å². The molecule has 1 N–H and O–H groups in total. The summed E-state index contributed by atoms with van der Waals surface area (Å²) in [5, 5.41) is 16.5. The van der Waals surface area contributed by atoms with Crippen molar-refractivity contribution in [1.82, 2.24) is 9.78 Å². The molecule has 2 aromatic carbocycles. The highest BCUT2D eigenvalue weighted by atomic mass is 32.2. The second-order valence-corrected chi connectivity index (χ2v) is 7.36. The first kappa shape index (κ1) is 19.3. The maximum absolute atomic E-state index is 10.9. The van der Waals surface area contributed by atoms with E-state index in [9.17, 15) is 5.11 Å². The molecule has 3 nitrogen and oxygen atoms in total. The zero-order chi connectivity index (χ0) is 19.1. The topological polar surface area (TPSA) is 38.1 Å². The maximum atomic E-state index is 10.9. The van der Waals surface area contributed by atoms with Gasteiger partial charge in [-0.1, -0.05) is 79.6 Å². The molecule has 0 bridgehead atoms. The molecular weight excluding hydrogens is 352 g/mol. The van der Waals surface area contributed by atoms with Gasteiger partial charge < -0.3 is 5.11 Å². The lowest BCUT2D eigenvalue weighted by atomic mass is 10.0. The second kappa shape index (κ2) is 9.45. The molecular formula is C23H24N2OS. The normalized spacial score (nSPS) is 11.7. The Morgan fingerprint density at radius 3 is 2.41 bits per heavy atom. The molecule has 0 aliphatic heterocycles. The summed E-state index contributed by atoms with van der Waals surface area (Å²) in [6, 6.07) is 20.1. The summed E-state index contributed by atoms with van der Waals surface area (Å²) < 4.78 is 1.84. The number of aliphatic hydroxyl groups excluding tert-OH is 1. The predicted octanol–water partition coefficient (Wildman–Crippen LogP) is 5.47. The van der Waals surface area contributed by atoms with Crippen LogP contribution in [0.3, 0.4) is 0 Å². The maximum Gasteiger partial charge on any atom is 0.145 e. The Balaban J connectivity index is 2.03. The number of aryl methyl sites for hydroxylation is 1. The molecule has 3 aromatic rings. The van der Waals surface area contributed by atoms with Crippen molar-refractivity contribution >= 4 is 11.8 Å². The fourth-order valence-electron chi connectivity index (χ4n) is 2.81. The minimum atomic E-state index is -0.864. The molecule has 1 unspecified atom stereocenters. The van der Waals surface area contributed by atoms with Gasteiger partial charge in [0.05, 0.1) is 5.56 Å². The van der Waals surface area contributed by atoms with E-state index >= 15 is 0 Å². The lowest BCUT2D eigenvalue weighted by Gasteiger charge is -2.09. The van der Waals surface area contributed by atoms with Crippen LogP contribution in [0.1, 0.15) is 37.9 Å². The number of aliphatic hydroxyl groups is 1. The predicted molar refractivity (Wildman–Crippen MR) is 111 cm³/mol. The van der Waals surface area contributed by atoms with Crippen LogP contribution in [0.25, 0.3) is 11.3 Å². The molecule has 0 fully saturated rings. The van der Waals surface area contributed by atoms with E-state index < -0.39 is 6.10 Å². The van der Waals surface area contributed by atoms with E-state index in [4.69, 9.17) is 5.10 Å². The molecule has 27 heavy (non-hydrogen) atoms. The second-order valence-electron chi connectivity index (χ2n) is 6.30. The first-order valence-corrected chi connectivity index (χ1v) is 10.0. The highest BCUT2D eigenvalue weighted by molar-refractivity contribution is 7.99. The van der Waals surface area contributed by atoms with Gasteiger partial charge in [-0.2, -0.15) is 5.10 Å². The van der Waals surface area contributed by atoms with Crippen molar-refractivity contribution in [2.45, 2.75) is 42.2 Å². The third-order valence-corrected chi connectivity index (χ3v) is 5.39. The first-order chi connectivity index (χ1) is 13.2. The molecule has 0 aliphatic rings. The largest absolute Gasteiger partial charge is 0.376 e. The molecule has 4 heteroatoms. The van der Waals surface area contributed by atoms with E-state index in [1.54, 1.807) is 11.8 Å². The monoisotopic (exact) mass is 376 g/mol. The van der Waals surface area contributed by atoms with E-state index in [1.807, 2.05) is 60.3 Å². The Morgan fingerprint density at radius 2 is 1.74 bits per heavy atom. The van der Waals surface area contributed by atoms with Gasteiger partial charge in [0.2, 0.25) is 0 Å². The van der Waals surface area contributed by atoms with Crippen LogP contribution >= 0.6 is 11.8 Å². The van der Waals surface area contributed by atoms with E-state index in [0.29, 0.717) is 0 Å². The Bertz CT molecular complexity index is 924. The minimum absolute atomic E-state index is 0.779. The van der Waals surface area contributed by atoms with Gasteiger partial charge in [0.15, 0.2) is 0 Å². The van der Waals surface area contributed by atoms with Crippen molar-refractivity contribution in [1.29, 1.82) is 0 Å². The van der Waals surface area contributed by atoms with Gasteiger partial charge >= 0.3 is 0 Å². The molecule has 1 atom stereocenters. The fourth-order valence-corrected chi connectivity index (χ4v) is 3.82. The number of hydrogen-bond acceptors (Lipinski definition) is 3. The highest BCUT2D eigenvalue weighted by Crippen LogP contribution is 2.38. The van der Waals surface area contributed by atoms with Gasteiger partial charge in [-0.05, 0) is 18.6 Å². The number of hydrogen-bond donors (Lipinski definition) is 1. The van der Waals surface area contributed by atoms with Gasteiger partial charge in [-0.25, -0.2) is 0 Å². The lowest BCUT2D eigenvalue weighted by Crippen LogP contribution is -1.98. The van der Waals surface area contributed by atoms with Crippen LogP contribution in [-0.4, -0.2) is 14.9 Å². The highest BCUT2D eigenvalue weighted by Gasteiger charge is 2.23. The molecule has 1 heterocycles. The summed E-state index contributed by atoms with van der Waals surface area (Å²) in [7, 11) is 1.92. The van der Waals surface area contributed by atoms with Crippen molar-refractivity contribution in [3.8, 4) is 23.1 Å². The number of rotatable bonds is 6.